The second-order valence-corrected chi connectivity index (χ2v) is 7.43. The van der Waals surface area contributed by atoms with Crippen LogP contribution in [0.3, 0.4) is 0 Å². The van der Waals surface area contributed by atoms with E-state index in [1.807, 2.05) is 18.1 Å². The number of nitrogens with zero attached hydrogens (tertiary/aromatic N) is 4. The highest BCUT2D eigenvalue weighted by molar-refractivity contribution is 8.14. The first-order valence-corrected chi connectivity index (χ1v) is 9.76. The van der Waals surface area contributed by atoms with E-state index in [1.54, 1.807) is 11.8 Å². The van der Waals surface area contributed by atoms with Crippen LogP contribution >= 0.6 is 11.8 Å². The molecule has 0 spiro atoms. The molecule has 4 nitrogen and oxygen atoms in total. The van der Waals surface area contributed by atoms with Crippen molar-refractivity contribution in [2.24, 2.45) is 10.1 Å². The van der Waals surface area contributed by atoms with Gasteiger partial charge in [-0.15, -0.1) is 0 Å². The van der Waals surface area contributed by atoms with Gasteiger partial charge in [0.05, 0.1) is 5.71 Å². The second kappa shape index (κ2) is 7.48. The Bertz CT molecular complexity index is 805. The van der Waals surface area contributed by atoms with E-state index in [4.69, 9.17) is 10.1 Å². The summed E-state index contributed by atoms with van der Waals surface area (Å²) in [5.74, 6) is 0.860. The zero-order valence-electron chi connectivity index (χ0n) is 15.7. The van der Waals surface area contributed by atoms with Crippen molar-refractivity contribution < 1.29 is 0 Å². The number of benzene rings is 1. The van der Waals surface area contributed by atoms with E-state index in [-0.39, 0.29) is 0 Å². The first-order chi connectivity index (χ1) is 12.0. The van der Waals surface area contributed by atoms with E-state index in [1.165, 1.54) is 22.6 Å². The fraction of sp³-hybridized carbons (Fsp3) is 0.400. The minimum Gasteiger partial charge on any atom is -0.318 e. The minimum absolute atomic E-state index is 0.338. The van der Waals surface area contributed by atoms with E-state index in [0.717, 1.165) is 23.1 Å². The van der Waals surface area contributed by atoms with Crippen LogP contribution in [-0.4, -0.2) is 39.3 Å². The van der Waals surface area contributed by atoms with Crippen molar-refractivity contribution in [2.75, 3.05) is 12.8 Å². The predicted octanol–water partition coefficient (Wildman–Crippen LogP) is 4.63. The lowest BCUT2D eigenvalue weighted by molar-refractivity contribution is 0.543. The van der Waals surface area contributed by atoms with Crippen LogP contribution in [-0.2, 0) is 0 Å². The van der Waals surface area contributed by atoms with Gasteiger partial charge in [0.15, 0.2) is 5.17 Å². The van der Waals surface area contributed by atoms with Crippen LogP contribution in [0.1, 0.15) is 37.2 Å². The minimum atomic E-state index is 0.338. The van der Waals surface area contributed by atoms with Crippen LogP contribution in [0.4, 0.5) is 0 Å². The van der Waals surface area contributed by atoms with Gasteiger partial charge in [0.1, 0.15) is 0 Å². The molecule has 3 rings (SSSR count). The summed E-state index contributed by atoms with van der Waals surface area (Å²) >= 11 is 1.77. The topological polar surface area (TPSA) is 32.9 Å². The Hall–Kier alpha value is -2.01. The van der Waals surface area contributed by atoms with Gasteiger partial charge in [-0.05, 0) is 45.4 Å². The second-order valence-electron chi connectivity index (χ2n) is 6.48. The highest BCUT2D eigenvalue weighted by Gasteiger charge is 2.22. The van der Waals surface area contributed by atoms with E-state index >= 15 is 0 Å². The third-order valence-electron chi connectivity index (χ3n) is 4.56. The molecule has 0 fully saturated rings. The van der Waals surface area contributed by atoms with E-state index in [2.05, 4.69) is 62.6 Å². The molecule has 0 amide bonds. The Balaban J connectivity index is 1.94. The van der Waals surface area contributed by atoms with E-state index < -0.39 is 0 Å². The molecule has 0 saturated carbocycles. The zero-order valence-corrected chi connectivity index (χ0v) is 16.5. The molecule has 0 bridgehead atoms. The van der Waals surface area contributed by atoms with Crippen LogP contribution in [0.15, 0.2) is 46.5 Å². The van der Waals surface area contributed by atoms with Crippen molar-refractivity contribution in [3.63, 3.8) is 0 Å². The lowest BCUT2D eigenvalue weighted by Crippen LogP contribution is -2.29. The summed E-state index contributed by atoms with van der Waals surface area (Å²) in [5.41, 5.74) is 6.00. The quantitative estimate of drug-likeness (QED) is 0.802. The van der Waals surface area contributed by atoms with Crippen LogP contribution in [0.2, 0.25) is 0 Å². The van der Waals surface area contributed by atoms with Gasteiger partial charge in [-0.3, -0.25) is 4.99 Å². The molecular formula is C20H26N4S. The number of hydrazone groups is 1. The average molecular weight is 355 g/mol. The highest BCUT2D eigenvalue weighted by atomic mass is 32.2. The maximum absolute atomic E-state index is 4.82. The molecule has 2 aromatic rings. The normalized spacial score (nSPS) is 17.7. The van der Waals surface area contributed by atoms with E-state index in [0.29, 0.717) is 6.04 Å². The maximum atomic E-state index is 4.82. The molecule has 1 aromatic carbocycles. The smallest absolute Gasteiger partial charge is 0.180 e. The summed E-state index contributed by atoms with van der Waals surface area (Å²) in [6.45, 7) is 8.63. The number of amidine groups is 1. The maximum Gasteiger partial charge on any atom is 0.180 e. The molecule has 1 aliphatic rings. The fourth-order valence-corrected chi connectivity index (χ4v) is 4.00. The Kier molecular flexibility index (Phi) is 5.33. The number of aryl methyl sites for hydroxylation is 1. The summed E-state index contributed by atoms with van der Waals surface area (Å²) in [5, 5.41) is 7.75. The molecule has 1 aromatic heterocycles. The Morgan fingerprint density at radius 2 is 1.96 bits per heavy atom. The van der Waals surface area contributed by atoms with Gasteiger partial charge in [-0.2, -0.15) is 5.10 Å². The molecule has 1 atom stereocenters. The number of rotatable bonds is 4. The Labute approximate surface area is 154 Å². The molecule has 1 unspecified atom stereocenters. The van der Waals surface area contributed by atoms with Gasteiger partial charge < -0.3 is 4.57 Å². The largest absolute Gasteiger partial charge is 0.318 e. The molecule has 25 heavy (non-hydrogen) atoms. The summed E-state index contributed by atoms with van der Waals surface area (Å²) in [6.07, 6.45) is 1.05. The molecule has 0 N–H and O–H groups in total. The molecule has 1 aliphatic heterocycles. The molecule has 132 valence electrons. The van der Waals surface area contributed by atoms with Crippen molar-refractivity contribution in [1.82, 2.24) is 9.58 Å². The van der Waals surface area contributed by atoms with Gasteiger partial charge in [-0.25, -0.2) is 5.01 Å². The van der Waals surface area contributed by atoms with Gasteiger partial charge in [-0.1, -0.05) is 36.9 Å². The molecule has 0 aliphatic carbocycles. The summed E-state index contributed by atoms with van der Waals surface area (Å²) < 4.78 is 2.30. The third-order valence-corrected chi connectivity index (χ3v) is 5.61. The summed E-state index contributed by atoms with van der Waals surface area (Å²) in [7, 11) is 1.99. The number of hydrogen-bond acceptors (Lipinski definition) is 3. The van der Waals surface area contributed by atoms with Gasteiger partial charge in [0.2, 0.25) is 0 Å². The van der Waals surface area contributed by atoms with Gasteiger partial charge in [0.25, 0.3) is 0 Å². The summed E-state index contributed by atoms with van der Waals surface area (Å²) in [4.78, 5) is 4.75. The van der Waals surface area contributed by atoms with Crippen LogP contribution in [0.25, 0.3) is 5.69 Å². The Morgan fingerprint density at radius 3 is 2.60 bits per heavy atom. The highest BCUT2D eigenvalue weighted by Crippen LogP contribution is 2.26. The first kappa shape index (κ1) is 17.8. The standard InChI is InChI=1S/C20H26N4S/c1-6-14(2)21-20-23(5)22-19(13-25-20)18-12-15(3)24(16(18)4)17-10-8-7-9-11-17/h7-12,14H,6,13H2,1-5H3. The van der Waals surface area contributed by atoms with E-state index in [9.17, 15) is 0 Å². The first-order valence-electron chi connectivity index (χ1n) is 8.77. The number of para-hydroxylation sites is 1. The van der Waals surface area contributed by atoms with Crippen LogP contribution < -0.4 is 0 Å². The van der Waals surface area contributed by atoms with Crippen molar-refractivity contribution >= 4 is 22.6 Å². The molecule has 0 saturated heterocycles. The van der Waals surface area contributed by atoms with Gasteiger partial charge in [0, 0.05) is 41.5 Å². The van der Waals surface area contributed by atoms with Crippen molar-refractivity contribution in [2.45, 2.75) is 40.2 Å². The van der Waals surface area contributed by atoms with Gasteiger partial charge >= 0.3 is 0 Å². The molecule has 0 radical (unpaired) electrons. The monoisotopic (exact) mass is 354 g/mol. The number of aromatic nitrogens is 1. The number of thioether (sulfide) groups is 1. The van der Waals surface area contributed by atoms with Crippen LogP contribution in [0, 0.1) is 13.8 Å². The van der Waals surface area contributed by atoms with Crippen molar-refractivity contribution in [1.29, 1.82) is 0 Å². The molecule has 2 heterocycles. The third kappa shape index (κ3) is 3.66. The number of hydrogen-bond donors (Lipinski definition) is 0. The average Bonchev–Trinajstić information content (AvgIpc) is 2.91. The van der Waals surface area contributed by atoms with Crippen molar-refractivity contribution in [3.8, 4) is 5.69 Å². The lowest BCUT2D eigenvalue weighted by Gasteiger charge is -2.23. The molecular weight excluding hydrogens is 328 g/mol. The predicted molar refractivity (Wildman–Crippen MR) is 109 cm³/mol. The zero-order chi connectivity index (χ0) is 18.0. The fourth-order valence-electron chi connectivity index (χ4n) is 3.04. The molecule has 5 heteroatoms. The summed E-state index contributed by atoms with van der Waals surface area (Å²) in [6, 6.07) is 13.1. The van der Waals surface area contributed by atoms with Crippen LogP contribution in [0.5, 0.6) is 0 Å². The Morgan fingerprint density at radius 1 is 1.24 bits per heavy atom. The number of aliphatic imine (C=N–C) groups is 1. The SMILES string of the molecule is CCC(C)N=C1SCC(c2cc(C)n(-c3ccccc3)c2C)=NN1C. The lowest BCUT2D eigenvalue weighted by atomic mass is 10.1. The van der Waals surface area contributed by atoms with Crippen molar-refractivity contribution in [3.05, 3.63) is 53.3 Å².